The summed E-state index contributed by atoms with van der Waals surface area (Å²) in [5, 5.41) is 12.5. The molecule has 0 atom stereocenters. The van der Waals surface area contributed by atoms with Gasteiger partial charge in [0.15, 0.2) is 0 Å². The van der Waals surface area contributed by atoms with Crippen LogP contribution in [0.3, 0.4) is 0 Å². The molecule has 0 spiro atoms. The number of hydrogen-bond acceptors (Lipinski definition) is 3. The molecule has 1 heterocycles. The van der Waals surface area contributed by atoms with Gasteiger partial charge in [0.2, 0.25) is 0 Å². The molecule has 1 aliphatic heterocycles. The zero-order valence-corrected chi connectivity index (χ0v) is 11.9. The van der Waals surface area contributed by atoms with Crippen molar-refractivity contribution in [1.29, 1.82) is 0 Å². The smallest absolute Gasteiger partial charge is 0.252 e. The van der Waals surface area contributed by atoms with Crippen LogP contribution >= 0.6 is 0 Å². The Morgan fingerprint density at radius 2 is 2.10 bits per heavy atom. The molecule has 1 amide bonds. The maximum absolute atomic E-state index is 13.3. The number of nitrogens with zero attached hydrogens (tertiary/aromatic N) is 1. The van der Waals surface area contributed by atoms with Gasteiger partial charge < -0.3 is 15.3 Å². The van der Waals surface area contributed by atoms with Gasteiger partial charge in [-0.2, -0.15) is 0 Å². The predicted octanol–water partition coefficient (Wildman–Crippen LogP) is 1.32. The molecular formula is C15H21FN2O2. The summed E-state index contributed by atoms with van der Waals surface area (Å²) in [5.74, 6) is -0.747. The first kappa shape index (κ1) is 14.9. The molecule has 0 saturated carbocycles. The van der Waals surface area contributed by atoms with Crippen molar-refractivity contribution in [1.82, 2.24) is 10.2 Å². The van der Waals surface area contributed by atoms with Crippen LogP contribution in [-0.4, -0.2) is 48.2 Å². The van der Waals surface area contributed by atoms with E-state index in [4.69, 9.17) is 0 Å². The third-order valence-corrected chi connectivity index (χ3v) is 4.07. The van der Waals surface area contributed by atoms with Gasteiger partial charge in [0, 0.05) is 18.7 Å². The van der Waals surface area contributed by atoms with Gasteiger partial charge in [0.25, 0.3) is 5.91 Å². The Labute approximate surface area is 118 Å². The van der Waals surface area contributed by atoms with Crippen LogP contribution in [-0.2, 0) is 0 Å². The molecule has 0 unspecified atom stereocenters. The molecule has 1 aromatic carbocycles. The molecule has 1 saturated heterocycles. The summed E-state index contributed by atoms with van der Waals surface area (Å²) in [5.41, 5.74) is 0.462. The number of halogens is 1. The third kappa shape index (κ3) is 3.16. The zero-order chi connectivity index (χ0) is 14.8. The molecule has 2 rings (SSSR count). The quantitative estimate of drug-likeness (QED) is 0.878. The van der Waals surface area contributed by atoms with Crippen molar-refractivity contribution < 1.29 is 14.3 Å². The van der Waals surface area contributed by atoms with E-state index in [0.29, 0.717) is 18.4 Å². The van der Waals surface area contributed by atoms with E-state index in [1.165, 1.54) is 12.1 Å². The minimum atomic E-state index is -0.595. The summed E-state index contributed by atoms with van der Waals surface area (Å²) in [7, 11) is 2.01. The van der Waals surface area contributed by atoms with Crippen LogP contribution < -0.4 is 5.32 Å². The van der Waals surface area contributed by atoms with Gasteiger partial charge in [-0.1, -0.05) is 6.07 Å². The zero-order valence-electron chi connectivity index (χ0n) is 11.9. The van der Waals surface area contributed by atoms with E-state index in [0.717, 1.165) is 18.7 Å². The largest absolute Gasteiger partial charge is 0.394 e. The van der Waals surface area contributed by atoms with Crippen LogP contribution in [0.25, 0.3) is 0 Å². The number of piperidine rings is 1. The van der Waals surface area contributed by atoms with Crippen LogP contribution in [0.15, 0.2) is 18.2 Å². The predicted molar refractivity (Wildman–Crippen MR) is 75.2 cm³/mol. The molecule has 5 heteroatoms. The number of amides is 1. The first-order valence-electron chi connectivity index (χ1n) is 6.84. The molecule has 110 valence electrons. The summed E-state index contributed by atoms with van der Waals surface area (Å²) >= 11 is 0. The van der Waals surface area contributed by atoms with Crippen molar-refractivity contribution in [2.24, 2.45) is 0 Å². The normalized spacial score (nSPS) is 18.8. The Hall–Kier alpha value is -1.46. The highest BCUT2D eigenvalue weighted by atomic mass is 19.1. The Morgan fingerprint density at radius 3 is 2.70 bits per heavy atom. The van der Waals surface area contributed by atoms with Crippen LogP contribution in [0.2, 0.25) is 0 Å². The van der Waals surface area contributed by atoms with Gasteiger partial charge >= 0.3 is 0 Å². The van der Waals surface area contributed by atoms with E-state index in [1.807, 2.05) is 7.05 Å². The monoisotopic (exact) mass is 280 g/mol. The van der Waals surface area contributed by atoms with E-state index in [1.54, 1.807) is 13.0 Å². The van der Waals surface area contributed by atoms with Gasteiger partial charge in [-0.3, -0.25) is 4.79 Å². The van der Waals surface area contributed by atoms with Crippen LogP contribution in [0, 0.1) is 12.7 Å². The van der Waals surface area contributed by atoms with Crippen molar-refractivity contribution >= 4 is 5.91 Å². The van der Waals surface area contributed by atoms with Gasteiger partial charge in [-0.15, -0.1) is 0 Å². The van der Waals surface area contributed by atoms with Crippen molar-refractivity contribution in [2.75, 3.05) is 26.7 Å². The Morgan fingerprint density at radius 1 is 1.45 bits per heavy atom. The Kier molecular flexibility index (Phi) is 4.40. The second-order valence-corrected chi connectivity index (χ2v) is 5.66. The fraction of sp³-hybridized carbons (Fsp3) is 0.533. The minimum absolute atomic E-state index is 0.0963. The molecule has 0 aromatic heterocycles. The number of likely N-dealkylation sites (tertiary alicyclic amines) is 1. The minimum Gasteiger partial charge on any atom is -0.394 e. The molecule has 1 aromatic rings. The summed E-state index contributed by atoms with van der Waals surface area (Å²) in [6.45, 7) is 3.32. The number of aliphatic hydroxyl groups excluding tert-OH is 1. The number of benzene rings is 1. The van der Waals surface area contributed by atoms with E-state index >= 15 is 0 Å². The van der Waals surface area contributed by atoms with Gasteiger partial charge in [0.05, 0.1) is 12.1 Å². The average Bonchev–Trinajstić information content (AvgIpc) is 2.44. The first-order chi connectivity index (χ1) is 9.46. The van der Waals surface area contributed by atoms with Crippen LogP contribution in [0.5, 0.6) is 0 Å². The lowest BCUT2D eigenvalue weighted by Gasteiger charge is -2.40. The number of aliphatic hydroxyl groups is 1. The van der Waals surface area contributed by atoms with Gasteiger partial charge in [0.1, 0.15) is 5.82 Å². The highest BCUT2D eigenvalue weighted by Gasteiger charge is 2.35. The number of aryl methyl sites for hydroxylation is 1. The molecule has 2 N–H and O–H groups in total. The van der Waals surface area contributed by atoms with E-state index in [2.05, 4.69) is 10.2 Å². The molecule has 4 nitrogen and oxygen atoms in total. The Balaban J connectivity index is 2.15. The van der Waals surface area contributed by atoms with E-state index < -0.39 is 11.4 Å². The highest BCUT2D eigenvalue weighted by molar-refractivity contribution is 5.96. The lowest BCUT2D eigenvalue weighted by atomic mass is 9.88. The van der Waals surface area contributed by atoms with Crippen molar-refractivity contribution in [3.8, 4) is 0 Å². The number of nitrogens with one attached hydrogen (secondary N) is 1. The number of rotatable bonds is 3. The summed E-state index contributed by atoms with van der Waals surface area (Å²) in [6.07, 6.45) is 1.39. The maximum atomic E-state index is 13.3. The second-order valence-electron chi connectivity index (χ2n) is 5.66. The van der Waals surface area contributed by atoms with E-state index in [-0.39, 0.29) is 12.5 Å². The van der Waals surface area contributed by atoms with Crippen molar-refractivity contribution in [3.63, 3.8) is 0 Å². The van der Waals surface area contributed by atoms with Crippen LogP contribution in [0.1, 0.15) is 28.8 Å². The number of carbonyl (C=O) groups excluding carboxylic acids is 1. The SMILES string of the molecule is Cc1ccc(F)cc1C(=O)NC1(CO)CCN(C)CC1. The molecule has 1 aliphatic rings. The maximum Gasteiger partial charge on any atom is 0.252 e. The lowest BCUT2D eigenvalue weighted by molar-refractivity contribution is 0.0662. The van der Waals surface area contributed by atoms with Crippen molar-refractivity contribution in [2.45, 2.75) is 25.3 Å². The molecule has 0 radical (unpaired) electrons. The fourth-order valence-corrected chi connectivity index (χ4v) is 2.52. The van der Waals surface area contributed by atoms with E-state index in [9.17, 15) is 14.3 Å². The third-order valence-electron chi connectivity index (χ3n) is 4.07. The summed E-state index contributed by atoms with van der Waals surface area (Å²) in [6, 6.07) is 4.17. The molecule has 0 aliphatic carbocycles. The standard InChI is InChI=1S/C15H21FN2O2/c1-11-3-4-12(16)9-13(11)14(20)17-15(10-19)5-7-18(2)8-6-15/h3-4,9,19H,5-8,10H2,1-2H3,(H,17,20). The highest BCUT2D eigenvalue weighted by Crippen LogP contribution is 2.22. The first-order valence-corrected chi connectivity index (χ1v) is 6.84. The van der Waals surface area contributed by atoms with Crippen LogP contribution in [0.4, 0.5) is 4.39 Å². The fourth-order valence-electron chi connectivity index (χ4n) is 2.52. The lowest BCUT2D eigenvalue weighted by Crippen LogP contribution is -2.57. The number of hydrogen-bond donors (Lipinski definition) is 2. The Bertz CT molecular complexity index is 497. The molecular weight excluding hydrogens is 259 g/mol. The topological polar surface area (TPSA) is 52.6 Å². The average molecular weight is 280 g/mol. The summed E-state index contributed by atoms with van der Waals surface area (Å²) < 4.78 is 13.3. The molecule has 20 heavy (non-hydrogen) atoms. The second kappa shape index (κ2) is 5.89. The van der Waals surface area contributed by atoms with Gasteiger partial charge in [-0.05, 0) is 44.5 Å². The number of carbonyl (C=O) groups is 1. The molecule has 1 fully saturated rings. The molecule has 0 bridgehead atoms. The van der Waals surface area contributed by atoms with Crippen molar-refractivity contribution in [3.05, 3.63) is 35.1 Å². The summed E-state index contributed by atoms with van der Waals surface area (Å²) in [4.78, 5) is 14.5. The van der Waals surface area contributed by atoms with Gasteiger partial charge in [-0.25, -0.2) is 4.39 Å².